The number of allylic oxidation sites excluding steroid dienone is 2. The first-order valence-corrected chi connectivity index (χ1v) is 5.58. The second-order valence-corrected chi connectivity index (χ2v) is 3.85. The minimum Gasteiger partial charge on any atom is -0.497 e. The van der Waals surface area contributed by atoms with Crippen molar-refractivity contribution in [2.45, 2.75) is 6.92 Å². The molecule has 1 aliphatic rings. The van der Waals surface area contributed by atoms with Gasteiger partial charge in [-0.3, -0.25) is 4.79 Å². The normalized spacial score (nSPS) is 17.1. The number of ether oxygens (including phenoxy) is 1. The van der Waals surface area contributed by atoms with Crippen molar-refractivity contribution >= 4 is 17.7 Å². The van der Waals surface area contributed by atoms with Crippen LogP contribution in [0.2, 0.25) is 0 Å². The van der Waals surface area contributed by atoms with Crippen molar-refractivity contribution in [2.24, 2.45) is 5.10 Å². The van der Waals surface area contributed by atoms with Gasteiger partial charge in [0.15, 0.2) is 0 Å². The van der Waals surface area contributed by atoms with Gasteiger partial charge in [0.1, 0.15) is 5.75 Å². The molecule has 0 fully saturated rings. The first-order chi connectivity index (χ1) is 8.70. The van der Waals surface area contributed by atoms with E-state index in [0.29, 0.717) is 11.3 Å². The summed E-state index contributed by atoms with van der Waals surface area (Å²) in [7, 11) is 1.64. The molecule has 4 heteroatoms. The molecular formula is C14H14N2O2. The first kappa shape index (κ1) is 12.1. The molecule has 0 aliphatic carbocycles. The lowest BCUT2D eigenvalue weighted by molar-refractivity contribution is -0.116. The second-order valence-electron chi connectivity index (χ2n) is 3.85. The summed E-state index contributed by atoms with van der Waals surface area (Å²) < 4.78 is 5.08. The summed E-state index contributed by atoms with van der Waals surface area (Å²) >= 11 is 0. The Morgan fingerprint density at radius 1 is 1.28 bits per heavy atom. The van der Waals surface area contributed by atoms with Crippen molar-refractivity contribution in [1.29, 1.82) is 0 Å². The number of benzene rings is 1. The largest absolute Gasteiger partial charge is 0.497 e. The highest BCUT2D eigenvalue weighted by Crippen LogP contribution is 2.13. The summed E-state index contributed by atoms with van der Waals surface area (Å²) in [6, 6.07) is 7.68. The lowest BCUT2D eigenvalue weighted by Gasteiger charge is -1.98. The quantitative estimate of drug-likeness (QED) is 0.825. The van der Waals surface area contributed by atoms with Gasteiger partial charge in [0.05, 0.1) is 18.4 Å². The van der Waals surface area contributed by atoms with Crippen LogP contribution in [0.3, 0.4) is 0 Å². The SMILES string of the molecule is COc1ccc(/C=C/C=C2/C(=O)NN=C2C)cc1. The molecule has 0 aromatic heterocycles. The topological polar surface area (TPSA) is 50.7 Å². The zero-order valence-corrected chi connectivity index (χ0v) is 10.3. The monoisotopic (exact) mass is 242 g/mol. The maximum Gasteiger partial charge on any atom is 0.273 e. The number of methoxy groups -OCH3 is 1. The fourth-order valence-corrected chi connectivity index (χ4v) is 1.59. The number of hydrogen-bond donors (Lipinski definition) is 1. The van der Waals surface area contributed by atoms with Crippen LogP contribution >= 0.6 is 0 Å². The number of nitrogens with zero attached hydrogens (tertiary/aromatic N) is 1. The van der Waals surface area contributed by atoms with Crippen LogP contribution in [-0.2, 0) is 4.79 Å². The van der Waals surface area contributed by atoms with Gasteiger partial charge >= 0.3 is 0 Å². The first-order valence-electron chi connectivity index (χ1n) is 5.58. The van der Waals surface area contributed by atoms with Crippen LogP contribution in [0.1, 0.15) is 12.5 Å². The maximum atomic E-state index is 11.4. The van der Waals surface area contributed by atoms with E-state index < -0.39 is 0 Å². The van der Waals surface area contributed by atoms with E-state index in [9.17, 15) is 4.79 Å². The van der Waals surface area contributed by atoms with Gasteiger partial charge in [-0.15, -0.1) is 0 Å². The lowest BCUT2D eigenvalue weighted by Crippen LogP contribution is -2.12. The Bertz CT molecular complexity index is 539. The molecule has 1 N–H and O–H groups in total. The number of carbonyl (C=O) groups is 1. The van der Waals surface area contributed by atoms with Crippen molar-refractivity contribution in [2.75, 3.05) is 7.11 Å². The molecule has 1 aliphatic heterocycles. The van der Waals surface area contributed by atoms with Gasteiger partial charge in [0.2, 0.25) is 0 Å². The Morgan fingerprint density at radius 3 is 2.56 bits per heavy atom. The van der Waals surface area contributed by atoms with Crippen LogP contribution in [0.4, 0.5) is 0 Å². The summed E-state index contributed by atoms with van der Waals surface area (Å²) in [6.07, 6.45) is 5.51. The van der Waals surface area contributed by atoms with E-state index in [1.807, 2.05) is 36.4 Å². The number of carbonyl (C=O) groups excluding carboxylic acids is 1. The van der Waals surface area contributed by atoms with Crippen LogP contribution in [0, 0.1) is 0 Å². The molecule has 1 aromatic carbocycles. The molecule has 0 radical (unpaired) electrons. The van der Waals surface area contributed by atoms with Gasteiger partial charge in [0.25, 0.3) is 5.91 Å². The highest BCUT2D eigenvalue weighted by molar-refractivity contribution is 6.24. The predicted molar refractivity (Wildman–Crippen MR) is 71.4 cm³/mol. The molecule has 0 bridgehead atoms. The zero-order valence-electron chi connectivity index (χ0n) is 10.3. The van der Waals surface area contributed by atoms with Gasteiger partial charge in [-0.25, -0.2) is 5.43 Å². The van der Waals surface area contributed by atoms with E-state index in [4.69, 9.17) is 4.74 Å². The Labute approximate surface area is 106 Å². The summed E-state index contributed by atoms with van der Waals surface area (Å²) in [4.78, 5) is 11.4. The highest BCUT2D eigenvalue weighted by atomic mass is 16.5. The van der Waals surface area contributed by atoms with E-state index in [0.717, 1.165) is 11.3 Å². The van der Waals surface area contributed by atoms with Crippen LogP contribution < -0.4 is 10.2 Å². The third-order valence-electron chi connectivity index (χ3n) is 2.63. The van der Waals surface area contributed by atoms with Crippen LogP contribution in [0.5, 0.6) is 5.75 Å². The third-order valence-corrected chi connectivity index (χ3v) is 2.63. The van der Waals surface area contributed by atoms with Crippen LogP contribution in [0.15, 0.2) is 47.1 Å². The molecule has 1 aromatic rings. The molecule has 0 saturated heterocycles. The third kappa shape index (κ3) is 2.66. The second kappa shape index (κ2) is 5.31. The molecule has 0 spiro atoms. The number of nitrogens with one attached hydrogen (secondary N) is 1. The molecule has 2 rings (SSSR count). The Morgan fingerprint density at radius 2 is 2.00 bits per heavy atom. The number of amides is 1. The van der Waals surface area contributed by atoms with Gasteiger partial charge < -0.3 is 4.74 Å². The minimum atomic E-state index is -0.160. The molecule has 0 saturated carbocycles. The van der Waals surface area contributed by atoms with Crippen molar-refractivity contribution in [3.8, 4) is 5.75 Å². The predicted octanol–water partition coefficient (Wildman–Crippen LogP) is 2.14. The van der Waals surface area contributed by atoms with Crippen molar-refractivity contribution in [3.63, 3.8) is 0 Å². The van der Waals surface area contributed by atoms with Crippen LogP contribution in [-0.4, -0.2) is 18.7 Å². The highest BCUT2D eigenvalue weighted by Gasteiger charge is 2.17. The average molecular weight is 242 g/mol. The molecule has 1 heterocycles. The van der Waals surface area contributed by atoms with Crippen LogP contribution in [0.25, 0.3) is 6.08 Å². The molecule has 92 valence electrons. The van der Waals surface area contributed by atoms with Crippen molar-refractivity contribution in [1.82, 2.24) is 5.43 Å². The summed E-state index contributed by atoms with van der Waals surface area (Å²) in [5.74, 6) is 0.663. The van der Waals surface area contributed by atoms with Crippen molar-refractivity contribution in [3.05, 3.63) is 47.6 Å². The summed E-state index contributed by atoms with van der Waals surface area (Å²) in [6.45, 7) is 1.80. The molecule has 4 nitrogen and oxygen atoms in total. The molecule has 1 amide bonds. The maximum absolute atomic E-state index is 11.4. The van der Waals surface area contributed by atoms with E-state index in [-0.39, 0.29) is 5.91 Å². The number of hydrogen-bond acceptors (Lipinski definition) is 3. The smallest absolute Gasteiger partial charge is 0.273 e. The van der Waals surface area contributed by atoms with Gasteiger partial charge in [-0.2, -0.15) is 5.10 Å². The number of rotatable bonds is 3. The van der Waals surface area contributed by atoms with Gasteiger partial charge in [-0.1, -0.05) is 24.3 Å². The Balaban J connectivity index is 2.09. The Kier molecular flexibility index (Phi) is 3.57. The number of hydrazone groups is 1. The van der Waals surface area contributed by atoms with Crippen molar-refractivity contribution < 1.29 is 9.53 Å². The lowest BCUT2D eigenvalue weighted by atomic mass is 10.1. The summed E-state index contributed by atoms with van der Waals surface area (Å²) in [5, 5.41) is 3.85. The van der Waals surface area contributed by atoms with Gasteiger partial charge in [-0.05, 0) is 30.7 Å². The van der Waals surface area contributed by atoms with Gasteiger partial charge in [0, 0.05) is 0 Å². The minimum absolute atomic E-state index is 0.160. The fraction of sp³-hybridized carbons (Fsp3) is 0.143. The Hall–Kier alpha value is -2.36. The molecule has 18 heavy (non-hydrogen) atoms. The standard InChI is InChI=1S/C14H14N2O2/c1-10-13(14(17)16-15-10)5-3-4-11-6-8-12(18-2)9-7-11/h3-9H,1-2H3,(H,16,17)/b4-3+,13-5+. The molecule has 0 atom stereocenters. The van der Waals surface area contributed by atoms with E-state index in [1.54, 1.807) is 20.1 Å². The molecule has 0 unspecified atom stereocenters. The van der Waals surface area contributed by atoms with E-state index in [2.05, 4.69) is 10.5 Å². The average Bonchev–Trinajstić information content (AvgIpc) is 2.71. The zero-order chi connectivity index (χ0) is 13.0. The van der Waals surface area contributed by atoms with E-state index >= 15 is 0 Å². The van der Waals surface area contributed by atoms with E-state index in [1.165, 1.54) is 0 Å². The summed E-state index contributed by atoms with van der Waals surface area (Å²) in [5.41, 5.74) is 4.76. The molecular weight excluding hydrogens is 228 g/mol. The fourth-order valence-electron chi connectivity index (χ4n) is 1.59.